The number of esters is 1. The summed E-state index contributed by atoms with van der Waals surface area (Å²) in [7, 11) is 0. The molecule has 3 aliphatic carbocycles. The minimum Gasteiger partial charge on any atom is -0.466 e. The largest absolute Gasteiger partial charge is 0.466 e. The second kappa shape index (κ2) is 3.50. The Morgan fingerprint density at radius 1 is 1.13 bits per heavy atom. The predicted octanol–water partition coefficient (Wildman–Crippen LogP) is 2.62. The van der Waals surface area contributed by atoms with Crippen molar-refractivity contribution in [3.8, 4) is 0 Å². The van der Waals surface area contributed by atoms with E-state index in [1.807, 2.05) is 6.92 Å². The van der Waals surface area contributed by atoms with Crippen LogP contribution in [-0.4, -0.2) is 12.6 Å². The Kier molecular flexibility index (Phi) is 2.26. The summed E-state index contributed by atoms with van der Waals surface area (Å²) in [4.78, 5) is 11.7. The van der Waals surface area contributed by atoms with Crippen molar-refractivity contribution in [1.82, 2.24) is 0 Å². The lowest BCUT2D eigenvalue weighted by molar-refractivity contribution is -0.148. The first-order valence-corrected chi connectivity index (χ1v) is 6.46. The Morgan fingerprint density at radius 3 is 2.27 bits per heavy atom. The molecule has 3 rings (SSSR count). The van der Waals surface area contributed by atoms with Gasteiger partial charge >= 0.3 is 5.97 Å². The smallest absolute Gasteiger partial charge is 0.308 e. The maximum atomic E-state index is 11.7. The molecule has 0 heterocycles. The van der Waals surface area contributed by atoms with Gasteiger partial charge in [0.15, 0.2) is 0 Å². The van der Waals surface area contributed by atoms with E-state index in [0.717, 1.165) is 36.5 Å². The molecule has 0 N–H and O–H groups in total. The fourth-order valence-corrected chi connectivity index (χ4v) is 4.47. The molecule has 3 saturated carbocycles. The molecule has 3 fully saturated rings. The average molecular weight is 208 g/mol. The zero-order valence-electron chi connectivity index (χ0n) is 9.45. The highest BCUT2D eigenvalue weighted by Gasteiger charge is 2.53. The normalized spacial score (nSPS) is 46.9. The SMILES string of the molecule is CCOC(=O)C1CC2C3CCC(C3)C2C1. The van der Waals surface area contributed by atoms with E-state index in [-0.39, 0.29) is 11.9 Å². The van der Waals surface area contributed by atoms with Crippen molar-refractivity contribution in [1.29, 1.82) is 0 Å². The quantitative estimate of drug-likeness (QED) is 0.652. The predicted molar refractivity (Wildman–Crippen MR) is 57.2 cm³/mol. The summed E-state index contributed by atoms with van der Waals surface area (Å²) in [5.74, 6) is 3.98. The fourth-order valence-electron chi connectivity index (χ4n) is 4.47. The van der Waals surface area contributed by atoms with Crippen LogP contribution in [0.3, 0.4) is 0 Å². The highest BCUT2D eigenvalue weighted by Crippen LogP contribution is 2.60. The van der Waals surface area contributed by atoms with Crippen LogP contribution >= 0.6 is 0 Å². The summed E-state index contributed by atoms with van der Waals surface area (Å²) in [5.41, 5.74) is 0. The minimum atomic E-state index is 0.0753. The van der Waals surface area contributed by atoms with Gasteiger partial charge < -0.3 is 4.74 Å². The zero-order valence-corrected chi connectivity index (χ0v) is 9.45. The molecular weight excluding hydrogens is 188 g/mol. The third kappa shape index (κ3) is 1.41. The minimum absolute atomic E-state index is 0.0753. The maximum absolute atomic E-state index is 11.7. The van der Waals surface area contributed by atoms with Crippen LogP contribution in [0.2, 0.25) is 0 Å². The van der Waals surface area contributed by atoms with Gasteiger partial charge in [0, 0.05) is 0 Å². The number of hydrogen-bond donors (Lipinski definition) is 0. The van der Waals surface area contributed by atoms with Gasteiger partial charge in [-0.3, -0.25) is 4.79 Å². The van der Waals surface area contributed by atoms with E-state index in [9.17, 15) is 4.79 Å². The van der Waals surface area contributed by atoms with Gasteiger partial charge in [-0.1, -0.05) is 0 Å². The molecule has 0 aromatic heterocycles. The van der Waals surface area contributed by atoms with Crippen LogP contribution in [0, 0.1) is 29.6 Å². The topological polar surface area (TPSA) is 26.3 Å². The molecule has 84 valence electrons. The standard InChI is InChI=1S/C13H20O2/c1-2-15-13(14)10-6-11-8-3-4-9(5-8)12(11)7-10/h8-12H,2-7H2,1H3. The summed E-state index contributed by atoms with van der Waals surface area (Å²) in [5, 5.41) is 0. The highest BCUT2D eigenvalue weighted by molar-refractivity contribution is 5.72. The molecular formula is C13H20O2. The van der Waals surface area contributed by atoms with Crippen molar-refractivity contribution in [2.24, 2.45) is 29.6 Å². The van der Waals surface area contributed by atoms with E-state index in [2.05, 4.69) is 0 Å². The number of carbonyl (C=O) groups excluding carboxylic acids is 1. The Balaban J connectivity index is 1.66. The summed E-state index contributed by atoms with van der Waals surface area (Å²) >= 11 is 0. The first kappa shape index (κ1) is 9.68. The molecule has 0 aromatic carbocycles. The summed E-state index contributed by atoms with van der Waals surface area (Å²) in [6.07, 6.45) is 6.59. The Bertz CT molecular complexity index is 256. The van der Waals surface area contributed by atoms with E-state index in [1.165, 1.54) is 19.3 Å². The molecule has 3 aliphatic rings. The monoisotopic (exact) mass is 208 g/mol. The molecule has 0 radical (unpaired) electrons. The van der Waals surface area contributed by atoms with Crippen molar-refractivity contribution in [3.63, 3.8) is 0 Å². The van der Waals surface area contributed by atoms with Crippen LogP contribution in [0.25, 0.3) is 0 Å². The number of ether oxygens (including phenoxy) is 1. The summed E-state index contributed by atoms with van der Waals surface area (Å²) < 4.78 is 5.14. The van der Waals surface area contributed by atoms with E-state index < -0.39 is 0 Å². The zero-order chi connectivity index (χ0) is 10.4. The van der Waals surface area contributed by atoms with Gasteiger partial charge in [-0.2, -0.15) is 0 Å². The lowest BCUT2D eigenvalue weighted by atomic mass is 9.82. The number of rotatable bonds is 2. The molecule has 4 atom stereocenters. The summed E-state index contributed by atoms with van der Waals surface area (Å²) in [6, 6.07) is 0. The number of fused-ring (bicyclic) bond motifs is 5. The van der Waals surface area contributed by atoms with Crippen molar-refractivity contribution in [2.45, 2.75) is 39.0 Å². The summed E-state index contributed by atoms with van der Waals surface area (Å²) in [6.45, 7) is 2.44. The molecule has 2 nitrogen and oxygen atoms in total. The third-order valence-electron chi connectivity index (χ3n) is 5.01. The van der Waals surface area contributed by atoms with Crippen LogP contribution in [0.4, 0.5) is 0 Å². The van der Waals surface area contributed by atoms with Crippen molar-refractivity contribution >= 4 is 5.97 Å². The van der Waals surface area contributed by atoms with E-state index in [4.69, 9.17) is 4.74 Å². The number of hydrogen-bond acceptors (Lipinski definition) is 2. The molecule has 4 unspecified atom stereocenters. The van der Waals surface area contributed by atoms with E-state index in [0.29, 0.717) is 6.61 Å². The molecule has 2 heteroatoms. The Morgan fingerprint density at radius 2 is 1.73 bits per heavy atom. The van der Waals surface area contributed by atoms with Crippen LogP contribution < -0.4 is 0 Å². The highest BCUT2D eigenvalue weighted by atomic mass is 16.5. The molecule has 0 saturated heterocycles. The van der Waals surface area contributed by atoms with Crippen molar-refractivity contribution in [3.05, 3.63) is 0 Å². The van der Waals surface area contributed by atoms with Gasteiger partial charge in [0.05, 0.1) is 12.5 Å². The Labute approximate surface area is 91.4 Å². The van der Waals surface area contributed by atoms with Crippen LogP contribution in [0.5, 0.6) is 0 Å². The van der Waals surface area contributed by atoms with Gasteiger partial charge in [-0.05, 0) is 62.7 Å². The maximum Gasteiger partial charge on any atom is 0.308 e. The van der Waals surface area contributed by atoms with Gasteiger partial charge in [-0.15, -0.1) is 0 Å². The van der Waals surface area contributed by atoms with Gasteiger partial charge in [0.25, 0.3) is 0 Å². The molecule has 0 aliphatic heterocycles. The second-order valence-electron chi connectivity index (χ2n) is 5.58. The molecule has 0 spiro atoms. The molecule has 2 bridgehead atoms. The lowest BCUT2D eigenvalue weighted by Gasteiger charge is -2.23. The van der Waals surface area contributed by atoms with Gasteiger partial charge in [0.2, 0.25) is 0 Å². The fraction of sp³-hybridized carbons (Fsp3) is 0.923. The lowest BCUT2D eigenvalue weighted by Crippen LogP contribution is -2.16. The van der Waals surface area contributed by atoms with Crippen molar-refractivity contribution in [2.75, 3.05) is 6.61 Å². The van der Waals surface area contributed by atoms with E-state index in [1.54, 1.807) is 0 Å². The van der Waals surface area contributed by atoms with Crippen LogP contribution in [0.15, 0.2) is 0 Å². The molecule has 0 aromatic rings. The van der Waals surface area contributed by atoms with Gasteiger partial charge in [0.1, 0.15) is 0 Å². The van der Waals surface area contributed by atoms with E-state index >= 15 is 0 Å². The first-order valence-electron chi connectivity index (χ1n) is 6.46. The average Bonchev–Trinajstić information content (AvgIpc) is 2.90. The number of carbonyl (C=O) groups is 1. The third-order valence-corrected chi connectivity index (χ3v) is 5.01. The van der Waals surface area contributed by atoms with Crippen molar-refractivity contribution < 1.29 is 9.53 Å². The molecule has 15 heavy (non-hydrogen) atoms. The van der Waals surface area contributed by atoms with Crippen LogP contribution in [0.1, 0.15) is 39.0 Å². The second-order valence-corrected chi connectivity index (χ2v) is 5.58. The first-order chi connectivity index (χ1) is 7.29. The molecule has 0 amide bonds. The Hall–Kier alpha value is -0.530. The van der Waals surface area contributed by atoms with Crippen LogP contribution in [-0.2, 0) is 9.53 Å². The van der Waals surface area contributed by atoms with Gasteiger partial charge in [-0.25, -0.2) is 0 Å².